The maximum atomic E-state index is 12.4. The van der Waals surface area contributed by atoms with Crippen molar-refractivity contribution < 1.29 is 4.79 Å². The zero-order valence-electron chi connectivity index (χ0n) is 15.8. The van der Waals surface area contributed by atoms with Crippen molar-refractivity contribution in [3.63, 3.8) is 0 Å². The zero-order valence-corrected chi connectivity index (χ0v) is 16.5. The van der Waals surface area contributed by atoms with Crippen LogP contribution in [-0.2, 0) is 17.6 Å². The highest BCUT2D eigenvalue weighted by atomic mass is 35.5. The van der Waals surface area contributed by atoms with E-state index >= 15 is 0 Å². The number of rotatable bonds is 5. The number of fused-ring (bicyclic) bond motifs is 1. The topological polar surface area (TPSA) is 90.9 Å². The number of anilines is 2. The molecule has 3 rings (SSSR count). The van der Waals surface area contributed by atoms with Gasteiger partial charge in [-0.1, -0.05) is 29.8 Å². The second-order valence-electron chi connectivity index (χ2n) is 6.99. The van der Waals surface area contributed by atoms with Crippen molar-refractivity contribution in [2.45, 2.75) is 38.6 Å². The highest BCUT2D eigenvalue weighted by Gasteiger charge is 2.14. The van der Waals surface area contributed by atoms with Crippen LogP contribution < -0.4 is 16.4 Å². The highest BCUT2D eigenvalue weighted by Crippen LogP contribution is 2.26. The lowest BCUT2D eigenvalue weighted by Gasteiger charge is -2.19. The van der Waals surface area contributed by atoms with Gasteiger partial charge < -0.3 is 16.4 Å². The van der Waals surface area contributed by atoms with E-state index in [1.807, 2.05) is 13.0 Å². The zero-order chi connectivity index (χ0) is 20.1. The first-order chi connectivity index (χ1) is 13.5. The lowest BCUT2D eigenvalue weighted by molar-refractivity contribution is -0.112. The molecule has 0 heterocycles. The van der Waals surface area contributed by atoms with Gasteiger partial charge in [-0.25, -0.2) is 0 Å². The van der Waals surface area contributed by atoms with Crippen LogP contribution in [0.4, 0.5) is 11.4 Å². The van der Waals surface area contributed by atoms with E-state index in [-0.39, 0.29) is 11.6 Å². The van der Waals surface area contributed by atoms with Gasteiger partial charge in [-0.3, -0.25) is 4.79 Å². The third-order valence-corrected chi connectivity index (χ3v) is 5.27. The molecule has 28 heavy (non-hydrogen) atoms. The summed E-state index contributed by atoms with van der Waals surface area (Å²) in [4.78, 5) is 12.4. The number of nitrogens with two attached hydrogens (primary N) is 1. The van der Waals surface area contributed by atoms with Gasteiger partial charge in [0.1, 0.15) is 11.6 Å². The second kappa shape index (κ2) is 8.81. The third-order valence-electron chi connectivity index (χ3n) is 4.96. The Bertz CT molecular complexity index is 961. The summed E-state index contributed by atoms with van der Waals surface area (Å²) in [6.45, 7) is 2.00. The number of carbonyl (C=O) groups excluding carboxylic acids is 1. The number of amides is 1. The Morgan fingerprint density at radius 2 is 1.96 bits per heavy atom. The molecule has 0 aliphatic heterocycles. The highest BCUT2D eigenvalue weighted by molar-refractivity contribution is 6.34. The predicted octanol–water partition coefficient (Wildman–Crippen LogP) is 4.50. The maximum Gasteiger partial charge on any atom is 0.267 e. The summed E-state index contributed by atoms with van der Waals surface area (Å²) in [6.07, 6.45) is 6.18. The molecule has 2 aromatic rings. The van der Waals surface area contributed by atoms with Crippen molar-refractivity contribution in [1.29, 1.82) is 5.26 Å². The molecular weight excluding hydrogens is 372 g/mol. The van der Waals surface area contributed by atoms with E-state index in [1.54, 1.807) is 18.2 Å². The number of hydrogen-bond acceptors (Lipinski definition) is 4. The van der Waals surface area contributed by atoms with Crippen LogP contribution in [0.3, 0.4) is 0 Å². The summed E-state index contributed by atoms with van der Waals surface area (Å²) < 4.78 is 0. The molecule has 0 aromatic heterocycles. The maximum absolute atomic E-state index is 12.4. The van der Waals surface area contributed by atoms with Gasteiger partial charge in [-0.15, -0.1) is 0 Å². The molecule has 1 aliphatic rings. The molecular formula is C22H23ClN4O. The first-order valence-corrected chi connectivity index (χ1v) is 9.70. The number of carbonyl (C=O) groups is 1. The molecule has 0 saturated carbocycles. The van der Waals surface area contributed by atoms with Crippen LogP contribution in [0, 0.1) is 11.3 Å². The Labute approximate surface area is 170 Å². The Morgan fingerprint density at radius 1 is 1.21 bits per heavy atom. The summed E-state index contributed by atoms with van der Waals surface area (Å²) in [5, 5.41) is 15.5. The first kappa shape index (κ1) is 19.8. The third kappa shape index (κ3) is 4.65. The number of nitrogens with zero attached hydrogens (tertiary/aromatic N) is 1. The van der Waals surface area contributed by atoms with Crippen molar-refractivity contribution >= 4 is 28.9 Å². The Kier molecular flexibility index (Phi) is 6.23. The van der Waals surface area contributed by atoms with Gasteiger partial charge in [0.25, 0.3) is 5.91 Å². The molecule has 0 bridgehead atoms. The fourth-order valence-electron chi connectivity index (χ4n) is 3.30. The van der Waals surface area contributed by atoms with Crippen LogP contribution in [0.1, 0.15) is 42.5 Å². The van der Waals surface area contributed by atoms with Crippen LogP contribution in [0.2, 0.25) is 5.02 Å². The van der Waals surface area contributed by atoms with Crippen molar-refractivity contribution in [2.75, 3.05) is 11.1 Å². The van der Waals surface area contributed by atoms with Crippen LogP contribution in [0.25, 0.3) is 0 Å². The molecule has 1 aliphatic carbocycles. The van der Waals surface area contributed by atoms with Crippen LogP contribution >= 0.6 is 11.6 Å². The molecule has 0 saturated heterocycles. The minimum atomic E-state index is -0.528. The number of nitrogen functional groups attached to an aromatic ring is 1. The normalized spacial score (nSPS) is 14.5. The van der Waals surface area contributed by atoms with Crippen LogP contribution in [-0.4, -0.2) is 5.91 Å². The molecule has 1 unspecified atom stereocenters. The van der Waals surface area contributed by atoms with E-state index in [2.05, 4.69) is 28.8 Å². The number of hydrogen-bond donors (Lipinski definition) is 3. The Balaban J connectivity index is 1.68. The van der Waals surface area contributed by atoms with Gasteiger partial charge in [-0.05, 0) is 67.5 Å². The number of nitriles is 1. The van der Waals surface area contributed by atoms with Gasteiger partial charge in [-0.2, -0.15) is 5.26 Å². The van der Waals surface area contributed by atoms with Crippen molar-refractivity contribution in [3.05, 3.63) is 69.9 Å². The smallest absolute Gasteiger partial charge is 0.267 e. The molecule has 0 fully saturated rings. The molecule has 144 valence electrons. The SMILES string of the molecule is CC(N/C=C(/C#N)C(=O)Nc1ccc(N)cc1Cl)c1ccc2c(c1)CCCC2. The van der Waals surface area contributed by atoms with Crippen LogP contribution in [0.5, 0.6) is 0 Å². The first-order valence-electron chi connectivity index (χ1n) is 9.32. The molecule has 0 spiro atoms. The summed E-state index contributed by atoms with van der Waals surface area (Å²) >= 11 is 6.07. The Hall–Kier alpha value is -2.97. The summed E-state index contributed by atoms with van der Waals surface area (Å²) in [6, 6.07) is 13.2. The Morgan fingerprint density at radius 3 is 2.68 bits per heavy atom. The standard InChI is InChI=1S/C22H23ClN4O/c1-14(16-7-6-15-4-2-3-5-17(15)10-16)26-13-18(12-24)22(28)27-21-9-8-19(25)11-20(21)23/h6-11,13-14,26H,2-5,25H2,1H3,(H,27,28)/b18-13-. The second-order valence-corrected chi connectivity index (χ2v) is 7.39. The quantitative estimate of drug-likeness (QED) is 0.395. The number of halogens is 1. The molecule has 1 amide bonds. The number of aryl methyl sites for hydroxylation is 2. The summed E-state index contributed by atoms with van der Waals surface area (Å²) in [5.74, 6) is -0.528. The fourth-order valence-corrected chi connectivity index (χ4v) is 3.53. The largest absolute Gasteiger partial charge is 0.399 e. The van der Waals surface area contributed by atoms with Crippen LogP contribution in [0.15, 0.2) is 48.2 Å². The average molecular weight is 395 g/mol. The molecule has 6 heteroatoms. The summed E-state index contributed by atoms with van der Waals surface area (Å²) in [7, 11) is 0. The van der Waals surface area contributed by atoms with Gasteiger partial charge in [0.15, 0.2) is 0 Å². The van der Waals surface area contributed by atoms with Gasteiger partial charge in [0.2, 0.25) is 0 Å². The molecule has 2 aromatic carbocycles. The van der Waals surface area contributed by atoms with Crippen molar-refractivity contribution in [2.24, 2.45) is 0 Å². The molecule has 4 N–H and O–H groups in total. The van der Waals surface area contributed by atoms with E-state index in [9.17, 15) is 10.1 Å². The monoisotopic (exact) mass is 394 g/mol. The molecule has 5 nitrogen and oxygen atoms in total. The minimum absolute atomic E-state index is 0.0245. The summed E-state index contributed by atoms with van der Waals surface area (Å²) in [5.41, 5.74) is 10.5. The van der Waals surface area contributed by atoms with E-state index < -0.39 is 5.91 Å². The molecule has 1 atom stereocenters. The van der Waals surface area contributed by atoms with Crippen molar-refractivity contribution in [1.82, 2.24) is 5.32 Å². The fraction of sp³-hybridized carbons (Fsp3) is 0.273. The van der Waals surface area contributed by atoms with Gasteiger partial charge >= 0.3 is 0 Å². The van der Waals surface area contributed by atoms with Gasteiger partial charge in [0.05, 0.1) is 10.7 Å². The van der Waals surface area contributed by atoms with E-state index in [0.717, 1.165) is 18.4 Å². The van der Waals surface area contributed by atoms with E-state index in [0.29, 0.717) is 16.4 Å². The van der Waals surface area contributed by atoms with E-state index in [4.69, 9.17) is 17.3 Å². The average Bonchev–Trinajstić information content (AvgIpc) is 2.70. The van der Waals surface area contributed by atoms with Gasteiger partial charge in [0, 0.05) is 17.9 Å². The number of nitrogens with one attached hydrogen (secondary N) is 2. The predicted molar refractivity (Wildman–Crippen MR) is 113 cm³/mol. The van der Waals surface area contributed by atoms with Crippen molar-refractivity contribution in [3.8, 4) is 6.07 Å². The molecule has 0 radical (unpaired) electrons. The number of benzene rings is 2. The minimum Gasteiger partial charge on any atom is -0.399 e. The van der Waals surface area contributed by atoms with E-state index in [1.165, 1.54) is 30.2 Å². The lowest BCUT2D eigenvalue weighted by Crippen LogP contribution is -2.19. The lowest BCUT2D eigenvalue weighted by atomic mass is 9.89.